The van der Waals surface area contributed by atoms with Gasteiger partial charge in [-0.05, 0) is 54.1 Å². The van der Waals surface area contributed by atoms with Gasteiger partial charge in [0.05, 0.1) is 35.5 Å². The van der Waals surface area contributed by atoms with Crippen molar-refractivity contribution in [2.75, 3.05) is 31.0 Å². The molecule has 0 aliphatic rings. The lowest BCUT2D eigenvalue weighted by Crippen LogP contribution is -2.21. The smallest absolute Gasteiger partial charge is 0.148 e. The van der Waals surface area contributed by atoms with Gasteiger partial charge >= 0.3 is 0 Å². The largest absolute Gasteiger partial charge is 0.496 e. The van der Waals surface area contributed by atoms with Gasteiger partial charge in [0.25, 0.3) is 0 Å². The predicted molar refractivity (Wildman–Crippen MR) is 161 cm³/mol. The van der Waals surface area contributed by atoms with Crippen LogP contribution >= 0.6 is 11.6 Å². The van der Waals surface area contributed by atoms with Gasteiger partial charge < -0.3 is 24.5 Å². The number of hydrogen-bond acceptors (Lipinski definition) is 9. The summed E-state index contributed by atoms with van der Waals surface area (Å²) in [7, 11) is -1.47. The van der Waals surface area contributed by atoms with Gasteiger partial charge in [-0.25, -0.2) is 22.8 Å². The quantitative estimate of drug-likeness (QED) is 0.161. The molecule has 12 heteroatoms. The van der Waals surface area contributed by atoms with Crippen molar-refractivity contribution in [1.29, 1.82) is 0 Å². The number of hydrogen-bond donors (Lipinski definition) is 2. The van der Waals surface area contributed by atoms with Gasteiger partial charge in [0.2, 0.25) is 0 Å². The molecule has 0 fully saturated rings. The maximum atomic E-state index is 13.5. The number of sulfone groups is 1. The Kier molecular flexibility index (Phi) is 8.91. The van der Waals surface area contributed by atoms with Crippen LogP contribution in [0, 0.1) is 5.82 Å². The Morgan fingerprint density at radius 1 is 1.02 bits per heavy atom. The summed E-state index contributed by atoms with van der Waals surface area (Å²) in [6.07, 6.45) is 2.66. The third-order valence-electron chi connectivity index (χ3n) is 6.31. The number of halogens is 2. The molecule has 2 heterocycles. The number of anilines is 2. The van der Waals surface area contributed by atoms with Crippen molar-refractivity contribution in [3.05, 3.63) is 95.2 Å². The SMILES string of the molecule is COc1cc2ncnc(Nc3ccc(OCc4cccc(F)c4)c(Cl)c3)c2cc1-c1ccc(CNCCS(C)(=O)=O)o1. The molecule has 9 nitrogen and oxygen atoms in total. The zero-order valence-corrected chi connectivity index (χ0v) is 24.4. The minimum absolute atomic E-state index is 0.0463. The summed E-state index contributed by atoms with van der Waals surface area (Å²) in [5.41, 5.74) is 2.72. The molecule has 5 aromatic rings. The topological polar surface area (TPSA) is 116 Å². The van der Waals surface area contributed by atoms with E-state index in [1.165, 1.54) is 24.7 Å². The van der Waals surface area contributed by atoms with Crippen LogP contribution in [0.25, 0.3) is 22.2 Å². The fourth-order valence-electron chi connectivity index (χ4n) is 4.25. The monoisotopic (exact) mass is 610 g/mol. The summed E-state index contributed by atoms with van der Waals surface area (Å²) in [6, 6.07) is 18.8. The lowest BCUT2D eigenvalue weighted by atomic mass is 10.1. The first-order chi connectivity index (χ1) is 20.2. The van der Waals surface area contributed by atoms with E-state index >= 15 is 0 Å². The average Bonchev–Trinajstić information content (AvgIpc) is 3.43. The molecule has 0 unspecified atom stereocenters. The van der Waals surface area contributed by atoms with E-state index < -0.39 is 9.84 Å². The van der Waals surface area contributed by atoms with Crippen molar-refractivity contribution in [2.45, 2.75) is 13.2 Å². The first-order valence-electron chi connectivity index (χ1n) is 12.9. The van der Waals surface area contributed by atoms with Crippen LogP contribution in [0.4, 0.5) is 15.9 Å². The van der Waals surface area contributed by atoms with Gasteiger partial charge in [-0.2, -0.15) is 0 Å². The van der Waals surface area contributed by atoms with Crippen molar-refractivity contribution in [3.8, 4) is 22.8 Å². The van der Waals surface area contributed by atoms with Crippen LogP contribution in [0.15, 0.2) is 77.5 Å². The fourth-order valence-corrected chi connectivity index (χ4v) is 5.00. The summed E-state index contributed by atoms with van der Waals surface area (Å²) in [5.74, 6) is 2.52. The van der Waals surface area contributed by atoms with Crippen LogP contribution in [-0.4, -0.2) is 44.0 Å². The van der Waals surface area contributed by atoms with Crippen LogP contribution < -0.4 is 20.1 Å². The summed E-state index contributed by atoms with van der Waals surface area (Å²) in [5, 5.41) is 7.47. The molecule has 0 amide bonds. The van der Waals surface area contributed by atoms with E-state index in [1.807, 2.05) is 18.2 Å². The number of benzene rings is 3. The third-order valence-corrected chi connectivity index (χ3v) is 7.55. The molecule has 3 aromatic carbocycles. The van der Waals surface area contributed by atoms with Crippen LogP contribution in [-0.2, 0) is 23.0 Å². The number of nitrogens with one attached hydrogen (secondary N) is 2. The van der Waals surface area contributed by atoms with E-state index in [1.54, 1.807) is 43.5 Å². The molecule has 0 atom stereocenters. The Bertz CT molecular complexity index is 1830. The highest BCUT2D eigenvalue weighted by molar-refractivity contribution is 7.90. The Labute approximate surface area is 247 Å². The number of ether oxygens (including phenoxy) is 2. The minimum Gasteiger partial charge on any atom is -0.496 e. The predicted octanol–water partition coefficient (Wildman–Crippen LogP) is 6.15. The molecule has 0 saturated heterocycles. The molecule has 42 heavy (non-hydrogen) atoms. The van der Waals surface area contributed by atoms with Crippen LogP contribution in [0.3, 0.4) is 0 Å². The van der Waals surface area contributed by atoms with Crippen LogP contribution in [0.1, 0.15) is 11.3 Å². The number of nitrogens with zero attached hydrogens (tertiary/aromatic N) is 2. The normalized spacial score (nSPS) is 11.5. The fraction of sp³-hybridized carbons (Fsp3) is 0.200. The van der Waals surface area contributed by atoms with Crippen LogP contribution in [0.5, 0.6) is 11.5 Å². The Morgan fingerprint density at radius 3 is 2.64 bits per heavy atom. The van der Waals surface area contributed by atoms with Crippen molar-refractivity contribution >= 4 is 43.8 Å². The minimum atomic E-state index is -3.04. The molecule has 0 radical (unpaired) electrons. The van der Waals surface area contributed by atoms with Gasteiger partial charge in [0.15, 0.2) is 0 Å². The van der Waals surface area contributed by atoms with E-state index in [0.29, 0.717) is 69.3 Å². The zero-order chi connectivity index (χ0) is 29.7. The van der Waals surface area contributed by atoms with Gasteiger partial charge in [-0.3, -0.25) is 0 Å². The number of furan rings is 1. The summed E-state index contributed by atoms with van der Waals surface area (Å²) in [6.45, 7) is 0.880. The lowest BCUT2D eigenvalue weighted by molar-refractivity contribution is 0.306. The molecule has 0 saturated carbocycles. The highest BCUT2D eigenvalue weighted by Crippen LogP contribution is 2.37. The third kappa shape index (κ3) is 7.35. The second kappa shape index (κ2) is 12.8. The molecule has 0 aliphatic carbocycles. The molecule has 0 spiro atoms. The zero-order valence-electron chi connectivity index (χ0n) is 22.9. The van der Waals surface area contributed by atoms with Gasteiger partial charge in [0.1, 0.15) is 57.4 Å². The van der Waals surface area contributed by atoms with E-state index in [2.05, 4.69) is 20.6 Å². The number of fused-ring (bicyclic) bond motifs is 1. The van der Waals surface area contributed by atoms with Crippen molar-refractivity contribution in [3.63, 3.8) is 0 Å². The standard InChI is InChI=1S/C30H28ClFN4O5S/c1-39-29-15-26-23(14-24(29)27-9-7-22(41-27)16-33-10-11-42(2,37)38)30(35-18-34-26)36-21-6-8-28(25(31)13-21)40-17-19-4-3-5-20(32)12-19/h3-9,12-15,18,33H,10-11,16-17H2,1-2H3,(H,34,35,36). The number of methoxy groups -OCH3 is 1. The van der Waals surface area contributed by atoms with Gasteiger partial charge in [-0.15, -0.1) is 0 Å². The summed E-state index contributed by atoms with van der Waals surface area (Å²) in [4.78, 5) is 8.84. The lowest BCUT2D eigenvalue weighted by Gasteiger charge is -2.13. The molecular formula is C30H28ClFN4O5S. The van der Waals surface area contributed by atoms with Gasteiger partial charge in [-0.1, -0.05) is 23.7 Å². The maximum Gasteiger partial charge on any atom is 0.148 e. The van der Waals surface area contributed by atoms with Crippen LogP contribution in [0.2, 0.25) is 5.02 Å². The first kappa shape index (κ1) is 29.3. The molecule has 0 aliphatic heterocycles. The maximum absolute atomic E-state index is 13.5. The summed E-state index contributed by atoms with van der Waals surface area (Å²) >= 11 is 6.49. The first-order valence-corrected chi connectivity index (χ1v) is 15.4. The highest BCUT2D eigenvalue weighted by Gasteiger charge is 2.16. The van der Waals surface area contributed by atoms with Crippen molar-refractivity contribution < 1.29 is 26.7 Å². The molecule has 0 bridgehead atoms. The van der Waals surface area contributed by atoms with Crippen molar-refractivity contribution in [1.82, 2.24) is 15.3 Å². The molecule has 2 aromatic heterocycles. The van der Waals surface area contributed by atoms with E-state index in [-0.39, 0.29) is 18.2 Å². The Hall–Kier alpha value is -4.19. The van der Waals surface area contributed by atoms with Gasteiger partial charge in [0, 0.05) is 29.9 Å². The van der Waals surface area contributed by atoms with E-state index in [4.69, 9.17) is 25.5 Å². The van der Waals surface area contributed by atoms with E-state index in [9.17, 15) is 12.8 Å². The molecule has 2 N–H and O–H groups in total. The van der Waals surface area contributed by atoms with Crippen molar-refractivity contribution in [2.24, 2.45) is 0 Å². The molecular weight excluding hydrogens is 583 g/mol. The Morgan fingerprint density at radius 2 is 1.88 bits per heavy atom. The highest BCUT2D eigenvalue weighted by atomic mass is 35.5. The molecule has 218 valence electrons. The number of rotatable bonds is 12. The summed E-state index contributed by atoms with van der Waals surface area (Å²) < 4.78 is 53.6. The molecule has 5 rings (SSSR count). The second-order valence-corrected chi connectivity index (χ2v) is 12.2. The second-order valence-electron chi connectivity index (χ2n) is 9.55. The Balaban J connectivity index is 1.35. The number of aromatic nitrogens is 2. The average molecular weight is 611 g/mol. The van der Waals surface area contributed by atoms with E-state index in [0.717, 1.165) is 5.39 Å².